The van der Waals surface area contributed by atoms with E-state index in [0.717, 1.165) is 6.42 Å². The molecule has 2 atom stereocenters. The van der Waals surface area contributed by atoms with Gasteiger partial charge in [-0.1, -0.05) is 0 Å². The van der Waals surface area contributed by atoms with Crippen LogP contribution in [0.25, 0.3) is 0 Å². The predicted octanol–water partition coefficient (Wildman–Crippen LogP) is 0.748. The fourth-order valence-electron chi connectivity index (χ4n) is 1.91. The average Bonchev–Trinajstić information content (AvgIpc) is 2.97. The van der Waals surface area contributed by atoms with Crippen LogP contribution in [-0.4, -0.2) is 37.0 Å². The van der Waals surface area contributed by atoms with Crippen LogP contribution in [0.4, 0.5) is 0 Å². The number of epoxide rings is 1. The van der Waals surface area contributed by atoms with Crippen molar-refractivity contribution in [3.8, 4) is 0 Å². The Kier molecular flexibility index (Phi) is 1.86. The van der Waals surface area contributed by atoms with Gasteiger partial charge in [-0.25, -0.2) is 0 Å². The Morgan fingerprint density at radius 3 is 2.86 bits per heavy atom. The standard InChI is InChI=1S/C9H9BrO4/c10-6-4-5(11)7-8(14-7)9(6)12-2-1-3-13-9/h4,7-8H,1-3H2/t7-,8-/m1/s1. The molecule has 2 saturated heterocycles. The molecule has 0 radical (unpaired) electrons. The van der Waals surface area contributed by atoms with Gasteiger partial charge in [-0.2, -0.15) is 0 Å². The number of carbonyl (C=O) groups is 1. The smallest absolute Gasteiger partial charge is 0.232 e. The molecule has 0 N–H and O–H groups in total. The van der Waals surface area contributed by atoms with Crippen molar-refractivity contribution in [1.29, 1.82) is 0 Å². The summed E-state index contributed by atoms with van der Waals surface area (Å²) < 4.78 is 17.1. The van der Waals surface area contributed by atoms with E-state index < -0.39 is 5.79 Å². The van der Waals surface area contributed by atoms with Gasteiger partial charge in [-0.05, 0) is 28.4 Å². The molecule has 2 fully saturated rings. The molecular formula is C9H9BrO4. The first-order valence-corrected chi connectivity index (χ1v) is 5.38. The van der Waals surface area contributed by atoms with Crippen molar-refractivity contribution in [3.63, 3.8) is 0 Å². The van der Waals surface area contributed by atoms with Crippen molar-refractivity contribution in [2.45, 2.75) is 24.4 Å². The van der Waals surface area contributed by atoms with E-state index in [9.17, 15) is 4.79 Å². The number of ether oxygens (including phenoxy) is 3. The van der Waals surface area contributed by atoms with Crippen molar-refractivity contribution in [3.05, 3.63) is 10.6 Å². The van der Waals surface area contributed by atoms with E-state index in [-0.39, 0.29) is 18.0 Å². The quantitative estimate of drug-likeness (QED) is 0.604. The minimum absolute atomic E-state index is 0.00901. The fourth-order valence-corrected chi connectivity index (χ4v) is 2.59. The second-order valence-electron chi connectivity index (χ2n) is 3.59. The molecule has 5 heteroatoms. The molecule has 0 amide bonds. The second kappa shape index (κ2) is 2.88. The summed E-state index contributed by atoms with van der Waals surface area (Å²) >= 11 is 3.32. The van der Waals surface area contributed by atoms with Gasteiger partial charge in [0.2, 0.25) is 5.79 Å². The summed E-state index contributed by atoms with van der Waals surface area (Å²) in [4.78, 5) is 11.3. The van der Waals surface area contributed by atoms with E-state index in [2.05, 4.69) is 15.9 Å². The first-order valence-electron chi connectivity index (χ1n) is 4.59. The highest BCUT2D eigenvalue weighted by molar-refractivity contribution is 9.11. The van der Waals surface area contributed by atoms with Gasteiger partial charge in [-0.15, -0.1) is 0 Å². The SMILES string of the molecule is O=C1C=C(Br)C2(OCCCO2)[C@@H]2O[C@H]12. The number of carbonyl (C=O) groups excluding carboxylic acids is 1. The largest absolute Gasteiger partial charge is 0.355 e. The molecule has 2 aliphatic heterocycles. The molecule has 4 nitrogen and oxygen atoms in total. The minimum Gasteiger partial charge on any atom is -0.355 e. The monoisotopic (exact) mass is 260 g/mol. The number of hydrogen-bond donors (Lipinski definition) is 0. The lowest BCUT2D eigenvalue weighted by Crippen LogP contribution is -2.49. The Labute approximate surface area is 89.3 Å². The van der Waals surface area contributed by atoms with E-state index in [0.29, 0.717) is 17.7 Å². The second-order valence-corrected chi connectivity index (χ2v) is 4.44. The first kappa shape index (κ1) is 9.03. The molecule has 76 valence electrons. The third kappa shape index (κ3) is 1.07. The Hall–Kier alpha value is -0.230. The zero-order chi connectivity index (χ0) is 9.76. The molecule has 1 spiro atoms. The van der Waals surface area contributed by atoms with Crippen molar-refractivity contribution >= 4 is 21.7 Å². The molecule has 0 aromatic rings. The van der Waals surface area contributed by atoms with E-state index in [1.165, 1.54) is 6.08 Å². The van der Waals surface area contributed by atoms with E-state index in [4.69, 9.17) is 14.2 Å². The maximum atomic E-state index is 11.3. The summed E-state index contributed by atoms with van der Waals surface area (Å²) in [6, 6.07) is 0. The molecule has 0 bridgehead atoms. The zero-order valence-corrected chi connectivity index (χ0v) is 8.95. The van der Waals surface area contributed by atoms with Crippen LogP contribution >= 0.6 is 15.9 Å². The lowest BCUT2D eigenvalue weighted by Gasteiger charge is -2.37. The Morgan fingerprint density at radius 2 is 2.14 bits per heavy atom. The highest BCUT2D eigenvalue weighted by atomic mass is 79.9. The molecule has 2 heterocycles. The molecule has 0 unspecified atom stereocenters. The van der Waals surface area contributed by atoms with Gasteiger partial charge < -0.3 is 14.2 Å². The van der Waals surface area contributed by atoms with Gasteiger partial charge in [0.05, 0.1) is 17.7 Å². The van der Waals surface area contributed by atoms with Crippen LogP contribution in [0.1, 0.15) is 6.42 Å². The topological polar surface area (TPSA) is 48.1 Å². The van der Waals surface area contributed by atoms with E-state index in [1.54, 1.807) is 0 Å². The maximum absolute atomic E-state index is 11.3. The van der Waals surface area contributed by atoms with Gasteiger partial charge in [0, 0.05) is 0 Å². The Morgan fingerprint density at radius 1 is 1.43 bits per heavy atom. The van der Waals surface area contributed by atoms with Crippen molar-refractivity contribution in [1.82, 2.24) is 0 Å². The minimum atomic E-state index is -0.836. The van der Waals surface area contributed by atoms with Crippen molar-refractivity contribution in [2.75, 3.05) is 13.2 Å². The molecule has 1 aliphatic carbocycles. The highest BCUT2D eigenvalue weighted by Gasteiger charge is 2.64. The third-order valence-electron chi connectivity index (χ3n) is 2.67. The van der Waals surface area contributed by atoms with Gasteiger partial charge in [0.25, 0.3) is 0 Å². The number of ketones is 1. The summed E-state index contributed by atoms with van der Waals surface area (Å²) in [6.45, 7) is 1.29. The number of rotatable bonds is 0. The van der Waals surface area contributed by atoms with Gasteiger partial charge >= 0.3 is 0 Å². The lowest BCUT2D eigenvalue weighted by atomic mass is 10.00. The molecule has 0 saturated carbocycles. The molecule has 3 aliphatic rings. The zero-order valence-electron chi connectivity index (χ0n) is 7.36. The molecule has 3 rings (SSSR count). The van der Waals surface area contributed by atoms with Gasteiger partial charge in [0.1, 0.15) is 0 Å². The van der Waals surface area contributed by atoms with Crippen LogP contribution in [0, 0.1) is 0 Å². The van der Waals surface area contributed by atoms with Gasteiger partial charge in [0.15, 0.2) is 18.0 Å². The number of fused-ring (bicyclic) bond motifs is 2. The van der Waals surface area contributed by atoms with Gasteiger partial charge in [-0.3, -0.25) is 4.79 Å². The summed E-state index contributed by atoms with van der Waals surface area (Å²) in [5.41, 5.74) is 0. The van der Waals surface area contributed by atoms with Crippen LogP contribution in [0.2, 0.25) is 0 Å². The van der Waals surface area contributed by atoms with Crippen LogP contribution in [0.3, 0.4) is 0 Å². The van der Waals surface area contributed by atoms with Crippen molar-refractivity contribution < 1.29 is 19.0 Å². The summed E-state index contributed by atoms with van der Waals surface area (Å²) in [7, 11) is 0. The maximum Gasteiger partial charge on any atom is 0.232 e. The molecule has 0 aromatic heterocycles. The molecular weight excluding hydrogens is 252 g/mol. The van der Waals surface area contributed by atoms with E-state index >= 15 is 0 Å². The van der Waals surface area contributed by atoms with Crippen LogP contribution in [-0.2, 0) is 19.0 Å². The fraction of sp³-hybridized carbons (Fsp3) is 0.667. The molecule has 14 heavy (non-hydrogen) atoms. The average molecular weight is 261 g/mol. The Bertz CT molecular complexity index is 319. The van der Waals surface area contributed by atoms with Crippen LogP contribution < -0.4 is 0 Å². The Balaban J connectivity index is 1.97. The number of halogens is 1. The van der Waals surface area contributed by atoms with Crippen molar-refractivity contribution in [2.24, 2.45) is 0 Å². The highest BCUT2D eigenvalue weighted by Crippen LogP contribution is 2.48. The predicted molar refractivity (Wildman–Crippen MR) is 49.9 cm³/mol. The molecule has 0 aromatic carbocycles. The summed E-state index contributed by atoms with van der Waals surface area (Å²) in [6.07, 6.45) is 1.77. The number of hydrogen-bond acceptors (Lipinski definition) is 4. The summed E-state index contributed by atoms with van der Waals surface area (Å²) in [5, 5.41) is 0. The van der Waals surface area contributed by atoms with Crippen LogP contribution in [0.15, 0.2) is 10.6 Å². The lowest BCUT2D eigenvalue weighted by molar-refractivity contribution is -0.247. The summed E-state index contributed by atoms with van der Waals surface area (Å²) in [5.74, 6) is -0.845. The normalized spacial score (nSPS) is 39.2. The third-order valence-corrected chi connectivity index (χ3v) is 3.45. The van der Waals surface area contributed by atoms with E-state index in [1.807, 2.05) is 0 Å². The first-order chi connectivity index (χ1) is 6.74. The van der Waals surface area contributed by atoms with Crippen LogP contribution in [0.5, 0.6) is 0 Å².